The predicted molar refractivity (Wildman–Crippen MR) is 124 cm³/mol. The van der Waals surface area contributed by atoms with Crippen LogP contribution in [0.2, 0.25) is 0 Å². The van der Waals surface area contributed by atoms with E-state index in [0.29, 0.717) is 40.6 Å². The normalized spacial score (nSPS) is 13.2. The quantitative estimate of drug-likeness (QED) is 0.297. The molecule has 1 aromatic heterocycles. The van der Waals surface area contributed by atoms with Gasteiger partial charge in [0, 0.05) is 19.6 Å². The molecule has 2 aromatic carbocycles. The Bertz CT molecular complexity index is 1210. The van der Waals surface area contributed by atoms with E-state index < -0.39 is 5.97 Å². The van der Waals surface area contributed by atoms with Crippen LogP contribution in [0.1, 0.15) is 28.8 Å². The Balaban J connectivity index is 1.67. The van der Waals surface area contributed by atoms with Gasteiger partial charge in [-0.1, -0.05) is 42.1 Å². The summed E-state index contributed by atoms with van der Waals surface area (Å²) in [6.07, 6.45) is 2.75. The predicted octanol–water partition coefficient (Wildman–Crippen LogP) is 3.14. The van der Waals surface area contributed by atoms with E-state index in [2.05, 4.69) is 4.98 Å². The van der Waals surface area contributed by atoms with E-state index in [1.54, 1.807) is 27.7 Å². The van der Waals surface area contributed by atoms with Gasteiger partial charge in [0.05, 0.1) is 29.3 Å². The maximum Gasteiger partial charge on any atom is 0.337 e. The van der Waals surface area contributed by atoms with Crippen molar-refractivity contribution in [2.45, 2.75) is 37.0 Å². The van der Waals surface area contributed by atoms with Gasteiger partial charge in [0.1, 0.15) is 0 Å². The molecule has 1 heterocycles. The molecule has 0 atom stereocenters. The Hall–Kier alpha value is -3.13. The first-order chi connectivity index (χ1) is 15.5. The number of carbonyl (C=O) groups excluding carboxylic acids is 2. The number of amides is 1. The summed E-state index contributed by atoms with van der Waals surface area (Å²) in [4.78, 5) is 44.2. The fourth-order valence-corrected chi connectivity index (χ4v) is 4.48. The number of hydrogen-bond acceptors (Lipinski definition) is 6. The van der Waals surface area contributed by atoms with E-state index in [4.69, 9.17) is 4.74 Å². The number of ether oxygens (including phenoxy) is 1. The van der Waals surface area contributed by atoms with Crippen molar-refractivity contribution in [1.82, 2.24) is 14.5 Å². The van der Waals surface area contributed by atoms with Crippen LogP contribution in [0, 0.1) is 0 Å². The molecule has 1 fully saturated rings. The number of esters is 1. The lowest BCUT2D eigenvalue weighted by atomic mass is 10.1. The zero-order valence-corrected chi connectivity index (χ0v) is 18.9. The smallest absolute Gasteiger partial charge is 0.337 e. The number of aryl methyl sites for hydroxylation is 1. The third-order valence-electron chi connectivity index (χ3n) is 5.62. The van der Waals surface area contributed by atoms with Crippen molar-refractivity contribution < 1.29 is 14.3 Å². The molecule has 32 heavy (non-hydrogen) atoms. The van der Waals surface area contributed by atoms with Gasteiger partial charge >= 0.3 is 5.97 Å². The number of benzene rings is 2. The Labute approximate surface area is 190 Å². The topological polar surface area (TPSA) is 81.5 Å². The van der Waals surface area contributed by atoms with Crippen LogP contribution < -0.4 is 5.56 Å². The summed E-state index contributed by atoms with van der Waals surface area (Å²) in [5.74, 6) is -0.269. The monoisotopic (exact) mass is 451 g/mol. The third kappa shape index (κ3) is 4.85. The second kappa shape index (κ2) is 9.56. The van der Waals surface area contributed by atoms with Gasteiger partial charge < -0.3 is 9.64 Å². The molecule has 166 valence electrons. The lowest BCUT2D eigenvalue weighted by Crippen LogP contribution is -2.31. The standard InChI is InChI=1S/C24H25N3O4S/c1-26(18-9-10-18)21(28)15-32-24-25-20-14-17(23(30)31-2)8-11-19(20)22(29)27(24)13-12-16-6-4-3-5-7-16/h3-8,11,14,18H,9-10,12-13,15H2,1-2H3. The van der Waals surface area contributed by atoms with Gasteiger partial charge in [-0.2, -0.15) is 0 Å². The van der Waals surface area contributed by atoms with Gasteiger partial charge in [0.15, 0.2) is 5.16 Å². The minimum absolute atomic E-state index is 0.0183. The highest BCUT2D eigenvalue weighted by Gasteiger charge is 2.29. The molecule has 1 aliphatic carbocycles. The van der Waals surface area contributed by atoms with Gasteiger partial charge in [0.2, 0.25) is 5.91 Å². The summed E-state index contributed by atoms with van der Waals surface area (Å²) in [7, 11) is 3.13. The first-order valence-electron chi connectivity index (χ1n) is 10.5. The molecule has 8 heteroatoms. The van der Waals surface area contributed by atoms with Gasteiger partial charge in [-0.3, -0.25) is 14.2 Å². The molecule has 1 saturated carbocycles. The van der Waals surface area contributed by atoms with Crippen LogP contribution in [0.25, 0.3) is 10.9 Å². The van der Waals surface area contributed by atoms with E-state index in [1.165, 1.54) is 18.9 Å². The van der Waals surface area contributed by atoms with Crippen LogP contribution >= 0.6 is 11.8 Å². The molecule has 0 N–H and O–H groups in total. The fraction of sp³-hybridized carbons (Fsp3) is 0.333. The molecule has 0 radical (unpaired) electrons. The molecule has 3 aromatic rings. The van der Waals surface area contributed by atoms with Crippen molar-refractivity contribution in [3.63, 3.8) is 0 Å². The summed E-state index contributed by atoms with van der Waals surface area (Å²) in [6.45, 7) is 0.444. The summed E-state index contributed by atoms with van der Waals surface area (Å²) in [6, 6.07) is 15.0. The van der Waals surface area contributed by atoms with Crippen molar-refractivity contribution in [2.24, 2.45) is 0 Å². The van der Waals surface area contributed by atoms with Gasteiger partial charge in [-0.05, 0) is 43.0 Å². The van der Waals surface area contributed by atoms with Gasteiger partial charge in [-0.25, -0.2) is 9.78 Å². The average molecular weight is 452 g/mol. The van der Waals surface area contributed by atoms with Crippen LogP contribution in [-0.2, 0) is 22.5 Å². The number of nitrogens with zero attached hydrogens (tertiary/aromatic N) is 3. The molecule has 0 aliphatic heterocycles. The maximum absolute atomic E-state index is 13.3. The molecule has 0 unspecified atom stereocenters. The highest BCUT2D eigenvalue weighted by molar-refractivity contribution is 7.99. The lowest BCUT2D eigenvalue weighted by molar-refractivity contribution is -0.127. The number of thioether (sulfide) groups is 1. The number of rotatable bonds is 8. The zero-order valence-electron chi connectivity index (χ0n) is 18.1. The molecule has 1 amide bonds. The lowest BCUT2D eigenvalue weighted by Gasteiger charge is -2.17. The van der Waals surface area contributed by atoms with Crippen molar-refractivity contribution in [2.75, 3.05) is 19.9 Å². The van der Waals surface area contributed by atoms with E-state index in [1.807, 2.05) is 37.4 Å². The van der Waals surface area contributed by atoms with E-state index in [-0.39, 0.29) is 17.2 Å². The maximum atomic E-state index is 13.3. The van der Waals surface area contributed by atoms with E-state index in [0.717, 1.165) is 18.4 Å². The SMILES string of the molecule is COC(=O)c1ccc2c(=O)n(CCc3ccccc3)c(SCC(=O)N(C)C3CC3)nc2c1. The Morgan fingerprint density at radius 3 is 2.62 bits per heavy atom. The van der Waals surface area contributed by atoms with Crippen LogP contribution in [0.3, 0.4) is 0 Å². The molecule has 4 rings (SSSR count). The summed E-state index contributed by atoms with van der Waals surface area (Å²) < 4.78 is 6.41. The van der Waals surface area contributed by atoms with Gasteiger partial charge in [0.25, 0.3) is 5.56 Å². The third-order valence-corrected chi connectivity index (χ3v) is 6.58. The molecule has 1 aliphatic rings. The second-order valence-corrected chi connectivity index (χ2v) is 8.78. The Kier molecular flexibility index (Phi) is 6.60. The minimum atomic E-state index is -0.489. The number of fused-ring (bicyclic) bond motifs is 1. The van der Waals surface area contributed by atoms with E-state index >= 15 is 0 Å². The molecule has 0 bridgehead atoms. The van der Waals surface area contributed by atoms with Crippen molar-refractivity contribution in [3.05, 3.63) is 70.0 Å². The van der Waals surface area contributed by atoms with Gasteiger partial charge in [-0.15, -0.1) is 0 Å². The Morgan fingerprint density at radius 1 is 1.19 bits per heavy atom. The van der Waals surface area contributed by atoms with Crippen LogP contribution in [-0.4, -0.2) is 52.3 Å². The Morgan fingerprint density at radius 2 is 1.94 bits per heavy atom. The minimum Gasteiger partial charge on any atom is -0.465 e. The zero-order chi connectivity index (χ0) is 22.7. The van der Waals surface area contributed by atoms with Crippen molar-refractivity contribution >= 4 is 34.5 Å². The van der Waals surface area contributed by atoms with Crippen molar-refractivity contribution in [3.8, 4) is 0 Å². The number of hydrogen-bond donors (Lipinski definition) is 0. The summed E-state index contributed by atoms with van der Waals surface area (Å²) in [5, 5.41) is 0.898. The number of carbonyl (C=O) groups is 2. The highest BCUT2D eigenvalue weighted by atomic mass is 32.2. The molecule has 7 nitrogen and oxygen atoms in total. The number of aromatic nitrogens is 2. The molecule has 0 spiro atoms. The first kappa shape index (κ1) is 22.1. The van der Waals surface area contributed by atoms with Crippen LogP contribution in [0.5, 0.6) is 0 Å². The average Bonchev–Trinajstić information content (AvgIpc) is 3.67. The summed E-state index contributed by atoms with van der Waals surface area (Å²) in [5.41, 5.74) is 1.67. The summed E-state index contributed by atoms with van der Waals surface area (Å²) >= 11 is 1.26. The van der Waals surface area contributed by atoms with Crippen LogP contribution in [0.4, 0.5) is 0 Å². The molecule has 0 saturated heterocycles. The highest BCUT2D eigenvalue weighted by Crippen LogP contribution is 2.27. The second-order valence-electron chi connectivity index (χ2n) is 7.83. The first-order valence-corrected chi connectivity index (χ1v) is 11.5. The number of methoxy groups -OCH3 is 1. The van der Waals surface area contributed by atoms with E-state index in [9.17, 15) is 14.4 Å². The molecular formula is C24H25N3O4S. The fourth-order valence-electron chi connectivity index (χ4n) is 3.53. The van der Waals surface area contributed by atoms with Crippen LogP contribution in [0.15, 0.2) is 58.5 Å². The largest absolute Gasteiger partial charge is 0.465 e. The van der Waals surface area contributed by atoms with Crippen molar-refractivity contribution in [1.29, 1.82) is 0 Å². The molecular weight excluding hydrogens is 426 g/mol.